The highest BCUT2D eigenvalue weighted by molar-refractivity contribution is 4.77. The van der Waals surface area contributed by atoms with Crippen molar-refractivity contribution in [3.63, 3.8) is 0 Å². The summed E-state index contributed by atoms with van der Waals surface area (Å²) in [5.41, 5.74) is 0. The molecule has 0 radical (unpaired) electrons. The average molecular weight is 201 g/mol. The largest absolute Gasteiger partial charge is 0.385 e. The van der Waals surface area contributed by atoms with Gasteiger partial charge in [-0.1, -0.05) is 6.92 Å². The molecule has 1 fully saturated rings. The maximum Gasteiger partial charge on any atom is 0.0509 e. The summed E-state index contributed by atoms with van der Waals surface area (Å²) in [5, 5.41) is 3.53. The van der Waals surface area contributed by atoms with Crippen molar-refractivity contribution in [3.05, 3.63) is 0 Å². The Morgan fingerprint density at radius 3 is 3.00 bits per heavy atom. The van der Waals surface area contributed by atoms with Crippen molar-refractivity contribution in [3.8, 4) is 0 Å². The maximum absolute atomic E-state index is 5.51. The molecule has 0 aliphatic carbocycles. The summed E-state index contributed by atoms with van der Waals surface area (Å²) in [5.74, 6) is 0.679. The third kappa shape index (κ3) is 3.95. The molecule has 14 heavy (non-hydrogen) atoms. The first-order valence-corrected chi connectivity index (χ1v) is 5.68. The van der Waals surface area contributed by atoms with E-state index in [4.69, 9.17) is 9.47 Å². The third-order valence-corrected chi connectivity index (χ3v) is 2.86. The maximum atomic E-state index is 5.51. The second-order valence-corrected chi connectivity index (χ2v) is 3.92. The standard InChI is InChI=1S/C11H23NO2/c1-3-12-11(6-8-13-2)10-5-4-7-14-9-10/h10-12H,3-9H2,1-2H3. The molecular weight excluding hydrogens is 178 g/mol. The second kappa shape index (κ2) is 7.21. The number of methoxy groups -OCH3 is 1. The molecule has 1 aliphatic heterocycles. The van der Waals surface area contributed by atoms with Crippen LogP contribution in [0.25, 0.3) is 0 Å². The summed E-state index contributed by atoms with van der Waals surface area (Å²) in [7, 11) is 1.76. The Labute approximate surface area is 87.2 Å². The fraction of sp³-hybridized carbons (Fsp3) is 1.00. The van der Waals surface area contributed by atoms with Crippen LogP contribution in [0.1, 0.15) is 26.2 Å². The van der Waals surface area contributed by atoms with Gasteiger partial charge in [0.05, 0.1) is 6.61 Å². The fourth-order valence-corrected chi connectivity index (χ4v) is 2.09. The van der Waals surface area contributed by atoms with Crippen molar-refractivity contribution in [2.24, 2.45) is 5.92 Å². The minimum Gasteiger partial charge on any atom is -0.385 e. The van der Waals surface area contributed by atoms with E-state index in [2.05, 4.69) is 12.2 Å². The van der Waals surface area contributed by atoms with E-state index < -0.39 is 0 Å². The predicted octanol–water partition coefficient (Wildman–Crippen LogP) is 1.43. The van der Waals surface area contributed by atoms with Gasteiger partial charge in [0, 0.05) is 26.4 Å². The quantitative estimate of drug-likeness (QED) is 0.705. The van der Waals surface area contributed by atoms with Crippen molar-refractivity contribution in [1.29, 1.82) is 0 Å². The first kappa shape index (κ1) is 12.0. The first-order valence-electron chi connectivity index (χ1n) is 5.68. The van der Waals surface area contributed by atoms with Crippen LogP contribution in [0.4, 0.5) is 0 Å². The SMILES string of the molecule is CCNC(CCOC)C1CCCOC1. The predicted molar refractivity (Wildman–Crippen MR) is 57.5 cm³/mol. The van der Waals surface area contributed by atoms with Crippen LogP contribution in [0, 0.1) is 5.92 Å². The summed E-state index contributed by atoms with van der Waals surface area (Å²) >= 11 is 0. The summed E-state index contributed by atoms with van der Waals surface area (Å²) in [6, 6.07) is 0.570. The third-order valence-electron chi connectivity index (χ3n) is 2.86. The van der Waals surface area contributed by atoms with Crippen molar-refractivity contribution < 1.29 is 9.47 Å². The Morgan fingerprint density at radius 1 is 1.57 bits per heavy atom. The van der Waals surface area contributed by atoms with Gasteiger partial charge in [-0.3, -0.25) is 0 Å². The molecule has 1 N–H and O–H groups in total. The van der Waals surface area contributed by atoms with Crippen LogP contribution < -0.4 is 5.32 Å². The van der Waals surface area contributed by atoms with Gasteiger partial charge in [-0.15, -0.1) is 0 Å². The molecule has 2 atom stereocenters. The normalized spacial score (nSPS) is 24.9. The van der Waals surface area contributed by atoms with Gasteiger partial charge in [0.15, 0.2) is 0 Å². The molecule has 0 spiro atoms. The van der Waals surface area contributed by atoms with E-state index in [-0.39, 0.29) is 0 Å². The molecule has 0 aromatic rings. The van der Waals surface area contributed by atoms with Gasteiger partial charge in [-0.2, -0.15) is 0 Å². The van der Waals surface area contributed by atoms with Crippen LogP contribution in [-0.4, -0.2) is 39.5 Å². The fourth-order valence-electron chi connectivity index (χ4n) is 2.09. The molecule has 0 amide bonds. The van der Waals surface area contributed by atoms with Gasteiger partial charge in [-0.05, 0) is 31.7 Å². The molecule has 0 saturated carbocycles. The number of hydrogen-bond donors (Lipinski definition) is 1. The van der Waals surface area contributed by atoms with Gasteiger partial charge in [-0.25, -0.2) is 0 Å². The Hall–Kier alpha value is -0.120. The van der Waals surface area contributed by atoms with Crippen molar-refractivity contribution >= 4 is 0 Å². The molecule has 1 aliphatic rings. The van der Waals surface area contributed by atoms with Crippen molar-refractivity contribution in [2.75, 3.05) is 33.5 Å². The van der Waals surface area contributed by atoms with Crippen LogP contribution >= 0.6 is 0 Å². The van der Waals surface area contributed by atoms with E-state index in [0.29, 0.717) is 12.0 Å². The molecule has 3 nitrogen and oxygen atoms in total. The lowest BCUT2D eigenvalue weighted by Crippen LogP contribution is -2.40. The molecule has 2 unspecified atom stereocenters. The topological polar surface area (TPSA) is 30.5 Å². The van der Waals surface area contributed by atoms with E-state index in [1.165, 1.54) is 12.8 Å². The van der Waals surface area contributed by atoms with Gasteiger partial charge in [0.25, 0.3) is 0 Å². The summed E-state index contributed by atoms with van der Waals surface area (Å²) < 4.78 is 10.6. The second-order valence-electron chi connectivity index (χ2n) is 3.92. The van der Waals surface area contributed by atoms with Crippen LogP contribution in [0.5, 0.6) is 0 Å². The number of nitrogens with one attached hydrogen (secondary N) is 1. The zero-order valence-corrected chi connectivity index (χ0v) is 9.42. The first-order chi connectivity index (χ1) is 6.88. The molecule has 3 heteroatoms. The van der Waals surface area contributed by atoms with Crippen LogP contribution in [0.2, 0.25) is 0 Å². The summed E-state index contributed by atoms with van der Waals surface area (Å²) in [4.78, 5) is 0. The van der Waals surface area contributed by atoms with Gasteiger partial charge >= 0.3 is 0 Å². The van der Waals surface area contributed by atoms with E-state index in [0.717, 1.165) is 32.8 Å². The molecule has 0 aromatic heterocycles. The Balaban J connectivity index is 2.30. The lowest BCUT2D eigenvalue weighted by molar-refractivity contribution is 0.0336. The Morgan fingerprint density at radius 2 is 2.43 bits per heavy atom. The van der Waals surface area contributed by atoms with Crippen molar-refractivity contribution in [1.82, 2.24) is 5.32 Å². The minimum atomic E-state index is 0.570. The van der Waals surface area contributed by atoms with E-state index in [9.17, 15) is 0 Å². The smallest absolute Gasteiger partial charge is 0.0509 e. The van der Waals surface area contributed by atoms with Gasteiger partial charge < -0.3 is 14.8 Å². The molecule has 84 valence electrons. The average Bonchev–Trinajstić information content (AvgIpc) is 2.25. The van der Waals surface area contributed by atoms with Crippen LogP contribution in [0.15, 0.2) is 0 Å². The molecule has 1 saturated heterocycles. The van der Waals surface area contributed by atoms with Gasteiger partial charge in [0.1, 0.15) is 0 Å². The highest BCUT2D eigenvalue weighted by Gasteiger charge is 2.22. The zero-order valence-electron chi connectivity index (χ0n) is 9.42. The van der Waals surface area contributed by atoms with Crippen LogP contribution in [-0.2, 0) is 9.47 Å². The van der Waals surface area contributed by atoms with E-state index >= 15 is 0 Å². The number of ether oxygens (including phenoxy) is 2. The van der Waals surface area contributed by atoms with E-state index in [1.807, 2.05) is 0 Å². The number of hydrogen-bond acceptors (Lipinski definition) is 3. The Bertz CT molecular complexity index is 135. The van der Waals surface area contributed by atoms with Crippen LogP contribution in [0.3, 0.4) is 0 Å². The van der Waals surface area contributed by atoms with Gasteiger partial charge in [0.2, 0.25) is 0 Å². The Kier molecular flexibility index (Phi) is 6.15. The highest BCUT2D eigenvalue weighted by Crippen LogP contribution is 2.19. The minimum absolute atomic E-state index is 0.570. The lowest BCUT2D eigenvalue weighted by Gasteiger charge is -2.30. The zero-order chi connectivity index (χ0) is 10.2. The lowest BCUT2D eigenvalue weighted by atomic mass is 9.92. The molecular formula is C11H23NO2. The molecule has 0 aromatic carbocycles. The monoisotopic (exact) mass is 201 g/mol. The summed E-state index contributed by atoms with van der Waals surface area (Å²) in [6.07, 6.45) is 3.60. The van der Waals surface area contributed by atoms with E-state index in [1.54, 1.807) is 7.11 Å². The summed E-state index contributed by atoms with van der Waals surface area (Å²) in [6.45, 7) is 5.89. The molecule has 1 rings (SSSR count). The molecule has 0 bridgehead atoms. The highest BCUT2D eigenvalue weighted by atomic mass is 16.5. The molecule has 1 heterocycles. The number of rotatable bonds is 6. The van der Waals surface area contributed by atoms with Crippen molar-refractivity contribution in [2.45, 2.75) is 32.2 Å².